The second kappa shape index (κ2) is 7.00. The zero-order valence-electron chi connectivity index (χ0n) is 12.1. The van der Waals surface area contributed by atoms with Crippen molar-refractivity contribution < 1.29 is 14.0 Å². The first kappa shape index (κ1) is 15.9. The molecule has 0 bridgehead atoms. The molecule has 0 aliphatic carbocycles. The first-order valence-electron chi connectivity index (χ1n) is 6.64. The predicted molar refractivity (Wildman–Crippen MR) is 82.4 cm³/mol. The number of halogens is 1. The van der Waals surface area contributed by atoms with Gasteiger partial charge in [0, 0.05) is 5.02 Å². The van der Waals surface area contributed by atoms with Crippen LogP contribution in [0.3, 0.4) is 0 Å². The SMILES string of the molecule is Cc1occc1C(=O)NNC(=O)NC(C)c1cccc(Cl)c1. The number of urea groups is 1. The quantitative estimate of drug-likeness (QED) is 0.760. The van der Waals surface area contributed by atoms with Crippen LogP contribution in [-0.4, -0.2) is 11.9 Å². The van der Waals surface area contributed by atoms with Crippen molar-refractivity contribution >= 4 is 23.5 Å². The van der Waals surface area contributed by atoms with Gasteiger partial charge in [-0.05, 0) is 37.6 Å². The third-order valence-electron chi connectivity index (χ3n) is 3.09. The number of aryl methyl sites for hydroxylation is 1. The van der Waals surface area contributed by atoms with Gasteiger partial charge in [-0.3, -0.25) is 10.2 Å². The lowest BCUT2D eigenvalue weighted by Crippen LogP contribution is -2.47. The summed E-state index contributed by atoms with van der Waals surface area (Å²) >= 11 is 5.91. The lowest BCUT2D eigenvalue weighted by molar-refractivity contribution is 0.0934. The average Bonchev–Trinajstić information content (AvgIpc) is 2.91. The largest absolute Gasteiger partial charge is 0.469 e. The minimum Gasteiger partial charge on any atom is -0.469 e. The Morgan fingerprint density at radius 3 is 2.64 bits per heavy atom. The van der Waals surface area contributed by atoms with Gasteiger partial charge in [-0.25, -0.2) is 10.2 Å². The minimum atomic E-state index is -0.526. The van der Waals surface area contributed by atoms with Crippen LogP contribution in [0.4, 0.5) is 4.79 Å². The maximum absolute atomic E-state index is 11.8. The van der Waals surface area contributed by atoms with Crippen LogP contribution >= 0.6 is 11.6 Å². The van der Waals surface area contributed by atoms with Crippen LogP contribution < -0.4 is 16.2 Å². The summed E-state index contributed by atoms with van der Waals surface area (Å²) < 4.78 is 5.02. The first-order chi connectivity index (χ1) is 10.5. The van der Waals surface area contributed by atoms with Crippen LogP contribution in [0.25, 0.3) is 0 Å². The number of rotatable bonds is 3. The number of benzene rings is 1. The number of hydrogen-bond acceptors (Lipinski definition) is 3. The van der Waals surface area contributed by atoms with Crippen LogP contribution in [0.5, 0.6) is 0 Å². The molecule has 6 nitrogen and oxygen atoms in total. The van der Waals surface area contributed by atoms with Gasteiger partial charge in [0.15, 0.2) is 0 Å². The van der Waals surface area contributed by atoms with Crippen molar-refractivity contribution in [1.82, 2.24) is 16.2 Å². The summed E-state index contributed by atoms with van der Waals surface area (Å²) in [4.78, 5) is 23.6. The molecule has 0 saturated heterocycles. The maximum atomic E-state index is 11.8. The molecule has 1 aromatic carbocycles. The summed E-state index contributed by atoms with van der Waals surface area (Å²) in [6.07, 6.45) is 1.41. The molecule has 3 N–H and O–H groups in total. The lowest BCUT2D eigenvalue weighted by atomic mass is 10.1. The van der Waals surface area contributed by atoms with Gasteiger partial charge < -0.3 is 9.73 Å². The van der Waals surface area contributed by atoms with Crippen molar-refractivity contribution in [2.45, 2.75) is 19.9 Å². The summed E-state index contributed by atoms with van der Waals surface area (Å²) in [6.45, 7) is 3.48. The number of nitrogens with one attached hydrogen (secondary N) is 3. The standard InChI is InChI=1S/C15H16ClN3O3/c1-9(11-4-3-5-12(16)8-11)17-15(21)19-18-14(20)13-6-7-22-10(13)2/h3-9H,1-2H3,(H,18,20)(H2,17,19,21). The van der Waals surface area contributed by atoms with Crippen molar-refractivity contribution in [3.63, 3.8) is 0 Å². The summed E-state index contributed by atoms with van der Waals surface area (Å²) in [6, 6.07) is 7.92. The van der Waals surface area contributed by atoms with Crippen LogP contribution in [0.1, 0.15) is 34.6 Å². The second-order valence-corrected chi connectivity index (χ2v) is 5.16. The molecule has 0 saturated carbocycles. The highest BCUT2D eigenvalue weighted by Crippen LogP contribution is 2.17. The van der Waals surface area contributed by atoms with Crippen LogP contribution in [-0.2, 0) is 0 Å². The zero-order valence-corrected chi connectivity index (χ0v) is 12.9. The molecule has 3 amide bonds. The summed E-state index contributed by atoms with van der Waals surface area (Å²) in [7, 11) is 0. The third kappa shape index (κ3) is 4.02. The fourth-order valence-electron chi connectivity index (χ4n) is 1.89. The monoisotopic (exact) mass is 321 g/mol. The Hall–Kier alpha value is -2.47. The first-order valence-corrected chi connectivity index (χ1v) is 7.01. The number of hydrazine groups is 1. The molecule has 0 fully saturated rings. The Balaban J connectivity index is 1.85. The number of furan rings is 1. The van der Waals surface area contributed by atoms with Crippen molar-refractivity contribution in [1.29, 1.82) is 0 Å². The molecule has 1 unspecified atom stereocenters. The normalized spacial score (nSPS) is 11.6. The topological polar surface area (TPSA) is 83.4 Å². The summed E-state index contributed by atoms with van der Waals surface area (Å²) in [5, 5.41) is 3.28. The number of amides is 3. The Morgan fingerprint density at radius 1 is 1.23 bits per heavy atom. The van der Waals surface area contributed by atoms with E-state index in [9.17, 15) is 9.59 Å². The summed E-state index contributed by atoms with van der Waals surface area (Å²) in [5.74, 6) is 0.0313. The molecule has 2 aromatic rings. The molecule has 0 radical (unpaired) electrons. The predicted octanol–water partition coefficient (Wildman–Crippen LogP) is 2.95. The number of carbonyl (C=O) groups is 2. The molecule has 116 valence electrons. The van der Waals surface area contributed by atoms with Gasteiger partial charge >= 0.3 is 6.03 Å². The number of hydrogen-bond donors (Lipinski definition) is 3. The van der Waals surface area contributed by atoms with Gasteiger partial charge in [0.05, 0.1) is 17.9 Å². The van der Waals surface area contributed by atoms with Gasteiger partial charge in [0.2, 0.25) is 0 Å². The molecular weight excluding hydrogens is 306 g/mol. The Kier molecular flexibility index (Phi) is 5.06. The van der Waals surface area contributed by atoms with Crippen molar-refractivity contribution in [2.75, 3.05) is 0 Å². The van der Waals surface area contributed by atoms with E-state index < -0.39 is 11.9 Å². The molecule has 0 aliphatic heterocycles. The van der Waals surface area contributed by atoms with Crippen LogP contribution in [0.15, 0.2) is 41.0 Å². The van der Waals surface area contributed by atoms with E-state index in [0.717, 1.165) is 5.56 Å². The fourth-order valence-corrected chi connectivity index (χ4v) is 2.09. The molecule has 1 heterocycles. The molecule has 2 rings (SSSR count). The van der Waals surface area contributed by atoms with Gasteiger partial charge in [0.1, 0.15) is 5.76 Å². The second-order valence-electron chi connectivity index (χ2n) is 4.72. The highest BCUT2D eigenvalue weighted by atomic mass is 35.5. The molecule has 22 heavy (non-hydrogen) atoms. The van der Waals surface area contributed by atoms with E-state index >= 15 is 0 Å². The lowest BCUT2D eigenvalue weighted by Gasteiger charge is -2.15. The van der Waals surface area contributed by atoms with Crippen molar-refractivity contribution in [3.05, 3.63) is 58.5 Å². The zero-order chi connectivity index (χ0) is 16.1. The van der Waals surface area contributed by atoms with E-state index in [0.29, 0.717) is 16.3 Å². The van der Waals surface area contributed by atoms with Gasteiger partial charge in [-0.2, -0.15) is 0 Å². The summed E-state index contributed by atoms with van der Waals surface area (Å²) in [5.41, 5.74) is 5.82. The van der Waals surface area contributed by atoms with E-state index in [1.165, 1.54) is 12.3 Å². The van der Waals surface area contributed by atoms with E-state index in [1.54, 1.807) is 25.1 Å². The maximum Gasteiger partial charge on any atom is 0.333 e. The Morgan fingerprint density at radius 2 is 2.00 bits per heavy atom. The third-order valence-corrected chi connectivity index (χ3v) is 3.32. The smallest absolute Gasteiger partial charge is 0.333 e. The van der Waals surface area contributed by atoms with Gasteiger partial charge in [-0.1, -0.05) is 23.7 Å². The van der Waals surface area contributed by atoms with Gasteiger partial charge in [0.25, 0.3) is 5.91 Å². The van der Waals surface area contributed by atoms with Crippen LogP contribution in [0, 0.1) is 6.92 Å². The Labute approximate surface area is 132 Å². The van der Waals surface area contributed by atoms with Crippen molar-refractivity contribution in [2.24, 2.45) is 0 Å². The minimum absolute atomic E-state index is 0.258. The Bertz CT molecular complexity index is 684. The van der Waals surface area contributed by atoms with E-state index in [2.05, 4.69) is 16.2 Å². The van der Waals surface area contributed by atoms with E-state index in [4.69, 9.17) is 16.0 Å². The molecule has 0 aliphatic rings. The molecule has 1 aromatic heterocycles. The highest BCUT2D eigenvalue weighted by Gasteiger charge is 2.13. The number of carbonyl (C=O) groups excluding carboxylic acids is 2. The van der Waals surface area contributed by atoms with Crippen molar-refractivity contribution in [3.8, 4) is 0 Å². The van der Waals surface area contributed by atoms with E-state index in [1.807, 2.05) is 13.0 Å². The highest BCUT2D eigenvalue weighted by molar-refractivity contribution is 6.30. The molecule has 1 atom stereocenters. The molecule has 7 heteroatoms. The van der Waals surface area contributed by atoms with E-state index in [-0.39, 0.29) is 6.04 Å². The molecular formula is C15H16ClN3O3. The molecule has 0 spiro atoms. The fraction of sp³-hybridized carbons (Fsp3) is 0.200. The van der Waals surface area contributed by atoms with Gasteiger partial charge in [-0.15, -0.1) is 0 Å². The van der Waals surface area contributed by atoms with Crippen LogP contribution in [0.2, 0.25) is 5.02 Å². The average molecular weight is 322 g/mol.